The van der Waals surface area contributed by atoms with Crippen LogP contribution in [0.4, 0.5) is 0 Å². The molecule has 7 heteroatoms. The van der Waals surface area contributed by atoms with Crippen LogP contribution in [0.15, 0.2) is 11.4 Å². The molecular formula is C14H16N2O3S2. The molecule has 0 spiro atoms. The molecule has 0 bridgehead atoms. The molecule has 0 radical (unpaired) electrons. The SMILES string of the molecule is Cc1c(C(=O)O)sc2ncnc(SCC3CCC(C)O3)c12. The molecule has 2 aromatic rings. The number of carboxylic acid groups (broad SMARTS) is 1. The van der Waals surface area contributed by atoms with Gasteiger partial charge in [0.15, 0.2) is 0 Å². The summed E-state index contributed by atoms with van der Waals surface area (Å²) in [5.74, 6) is -0.0619. The second-order valence-electron chi connectivity index (χ2n) is 5.18. The third kappa shape index (κ3) is 2.90. The molecule has 1 fully saturated rings. The predicted octanol–water partition coefficient (Wildman–Crippen LogP) is 3.36. The third-order valence-electron chi connectivity index (χ3n) is 3.61. The van der Waals surface area contributed by atoms with Crippen LogP contribution in [0.25, 0.3) is 10.2 Å². The van der Waals surface area contributed by atoms with Crippen LogP contribution in [0, 0.1) is 6.92 Å². The Kier molecular flexibility index (Phi) is 4.14. The van der Waals surface area contributed by atoms with Gasteiger partial charge in [0, 0.05) is 11.1 Å². The first-order valence-corrected chi connectivity index (χ1v) is 8.62. The average molecular weight is 324 g/mol. The van der Waals surface area contributed by atoms with Gasteiger partial charge in [0.1, 0.15) is 21.1 Å². The number of ether oxygens (including phenoxy) is 1. The Morgan fingerprint density at radius 3 is 3.00 bits per heavy atom. The summed E-state index contributed by atoms with van der Waals surface area (Å²) >= 11 is 2.84. The minimum absolute atomic E-state index is 0.257. The van der Waals surface area contributed by atoms with Crippen molar-refractivity contribution in [3.8, 4) is 0 Å². The number of nitrogens with zero attached hydrogens (tertiary/aromatic N) is 2. The number of carboxylic acids is 1. The number of aromatic nitrogens is 2. The number of aromatic carboxylic acids is 1. The Labute approximate surface area is 130 Å². The van der Waals surface area contributed by atoms with Crippen molar-refractivity contribution in [2.75, 3.05) is 5.75 Å². The van der Waals surface area contributed by atoms with E-state index in [1.165, 1.54) is 17.7 Å². The van der Waals surface area contributed by atoms with Gasteiger partial charge in [-0.25, -0.2) is 14.8 Å². The summed E-state index contributed by atoms with van der Waals surface area (Å²) in [6, 6.07) is 0. The zero-order chi connectivity index (χ0) is 15.0. The average Bonchev–Trinajstić information content (AvgIpc) is 3.01. The fourth-order valence-electron chi connectivity index (χ4n) is 2.53. The highest BCUT2D eigenvalue weighted by molar-refractivity contribution is 7.99. The molecule has 2 atom stereocenters. The fourth-order valence-corrected chi connectivity index (χ4v) is 4.69. The van der Waals surface area contributed by atoms with Crippen molar-refractivity contribution in [1.29, 1.82) is 0 Å². The molecule has 2 aromatic heterocycles. The van der Waals surface area contributed by atoms with Crippen molar-refractivity contribution in [3.05, 3.63) is 16.8 Å². The number of thioether (sulfide) groups is 1. The van der Waals surface area contributed by atoms with Crippen molar-refractivity contribution >= 4 is 39.3 Å². The van der Waals surface area contributed by atoms with Crippen LogP contribution < -0.4 is 0 Å². The second-order valence-corrected chi connectivity index (χ2v) is 7.19. The lowest BCUT2D eigenvalue weighted by molar-refractivity contribution is 0.0695. The Morgan fingerprint density at radius 2 is 2.33 bits per heavy atom. The molecule has 1 saturated heterocycles. The lowest BCUT2D eigenvalue weighted by Gasteiger charge is -2.10. The van der Waals surface area contributed by atoms with E-state index >= 15 is 0 Å². The lowest BCUT2D eigenvalue weighted by atomic mass is 10.2. The van der Waals surface area contributed by atoms with Crippen molar-refractivity contribution in [1.82, 2.24) is 9.97 Å². The maximum atomic E-state index is 11.2. The van der Waals surface area contributed by atoms with Gasteiger partial charge < -0.3 is 9.84 Å². The number of rotatable bonds is 4. The Balaban J connectivity index is 1.86. The Bertz CT molecular complexity index is 686. The van der Waals surface area contributed by atoms with Crippen LogP contribution in [0.2, 0.25) is 0 Å². The summed E-state index contributed by atoms with van der Waals surface area (Å²) in [6.45, 7) is 3.92. The van der Waals surface area contributed by atoms with E-state index in [4.69, 9.17) is 4.74 Å². The molecule has 0 amide bonds. The van der Waals surface area contributed by atoms with Crippen LogP contribution in [0.3, 0.4) is 0 Å². The summed E-state index contributed by atoms with van der Waals surface area (Å²) in [5.41, 5.74) is 0.756. The predicted molar refractivity (Wildman–Crippen MR) is 83.4 cm³/mol. The van der Waals surface area contributed by atoms with Crippen molar-refractivity contribution in [2.24, 2.45) is 0 Å². The summed E-state index contributed by atoms with van der Waals surface area (Å²) in [5, 5.41) is 10.9. The number of aryl methyl sites for hydroxylation is 1. The van der Waals surface area contributed by atoms with Gasteiger partial charge in [-0.2, -0.15) is 0 Å². The highest BCUT2D eigenvalue weighted by atomic mass is 32.2. The number of hydrogen-bond acceptors (Lipinski definition) is 6. The molecular weight excluding hydrogens is 308 g/mol. The van der Waals surface area contributed by atoms with Crippen LogP contribution in [0.5, 0.6) is 0 Å². The van der Waals surface area contributed by atoms with E-state index in [1.807, 2.05) is 6.92 Å². The molecule has 1 aliphatic rings. The van der Waals surface area contributed by atoms with Gasteiger partial charge in [-0.15, -0.1) is 23.1 Å². The Hall–Kier alpha value is -1.18. The normalized spacial score (nSPS) is 22.0. The number of carbonyl (C=O) groups is 1. The second kappa shape index (κ2) is 5.90. The minimum atomic E-state index is -0.903. The quantitative estimate of drug-likeness (QED) is 0.687. The largest absolute Gasteiger partial charge is 0.477 e. The minimum Gasteiger partial charge on any atom is -0.477 e. The van der Waals surface area contributed by atoms with Crippen LogP contribution in [-0.4, -0.2) is 39.0 Å². The first kappa shape index (κ1) is 14.7. The molecule has 0 aliphatic carbocycles. The third-order valence-corrected chi connectivity index (χ3v) is 5.92. The molecule has 1 aliphatic heterocycles. The molecule has 0 saturated carbocycles. The first-order chi connectivity index (χ1) is 10.1. The zero-order valence-electron chi connectivity index (χ0n) is 11.8. The van der Waals surface area contributed by atoms with Gasteiger partial charge in [0.2, 0.25) is 0 Å². The van der Waals surface area contributed by atoms with Crippen molar-refractivity contribution in [2.45, 2.75) is 43.9 Å². The van der Waals surface area contributed by atoms with E-state index in [9.17, 15) is 9.90 Å². The van der Waals surface area contributed by atoms with Gasteiger partial charge in [0.25, 0.3) is 0 Å². The van der Waals surface area contributed by atoms with E-state index in [1.54, 1.807) is 11.8 Å². The highest BCUT2D eigenvalue weighted by Crippen LogP contribution is 2.36. The van der Waals surface area contributed by atoms with Gasteiger partial charge in [0.05, 0.1) is 12.2 Å². The van der Waals surface area contributed by atoms with Crippen LogP contribution >= 0.6 is 23.1 Å². The fraction of sp³-hybridized carbons (Fsp3) is 0.500. The van der Waals surface area contributed by atoms with Gasteiger partial charge in [-0.05, 0) is 32.3 Å². The monoisotopic (exact) mass is 324 g/mol. The van der Waals surface area contributed by atoms with Crippen LogP contribution in [0.1, 0.15) is 35.0 Å². The van der Waals surface area contributed by atoms with E-state index in [0.29, 0.717) is 11.0 Å². The summed E-state index contributed by atoms with van der Waals surface area (Å²) in [7, 11) is 0. The molecule has 1 N–H and O–H groups in total. The van der Waals surface area contributed by atoms with Gasteiger partial charge >= 0.3 is 5.97 Å². The molecule has 0 aromatic carbocycles. The summed E-state index contributed by atoms with van der Waals surface area (Å²) < 4.78 is 5.81. The van der Waals surface area contributed by atoms with E-state index in [-0.39, 0.29) is 6.10 Å². The smallest absolute Gasteiger partial charge is 0.346 e. The highest BCUT2D eigenvalue weighted by Gasteiger charge is 2.23. The summed E-state index contributed by atoms with van der Waals surface area (Å²) in [6.07, 6.45) is 4.27. The van der Waals surface area contributed by atoms with Crippen molar-refractivity contribution < 1.29 is 14.6 Å². The topological polar surface area (TPSA) is 72.3 Å². The number of fused-ring (bicyclic) bond motifs is 1. The van der Waals surface area contributed by atoms with Crippen molar-refractivity contribution in [3.63, 3.8) is 0 Å². The number of hydrogen-bond donors (Lipinski definition) is 1. The molecule has 2 unspecified atom stereocenters. The number of thiophene rings is 1. The molecule has 21 heavy (non-hydrogen) atoms. The summed E-state index contributed by atoms with van der Waals surface area (Å²) in [4.78, 5) is 20.9. The van der Waals surface area contributed by atoms with E-state index in [0.717, 1.165) is 39.4 Å². The maximum absolute atomic E-state index is 11.2. The standard InChI is InChI=1S/C14H16N2O3S2/c1-7-3-4-9(19-7)5-20-12-10-8(2)11(14(17)18)21-13(10)16-6-15-12/h6-7,9H,3-5H2,1-2H3,(H,17,18). The Morgan fingerprint density at radius 1 is 1.52 bits per heavy atom. The van der Waals surface area contributed by atoms with Gasteiger partial charge in [-0.1, -0.05) is 0 Å². The molecule has 3 heterocycles. The zero-order valence-corrected chi connectivity index (χ0v) is 13.5. The first-order valence-electron chi connectivity index (χ1n) is 6.82. The van der Waals surface area contributed by atoms with E-state index < -0.39 is 5.97 Å². The molecule has 3 rings (SSSR count). The van der Waals surface area contributed by atoms with Crippen LogP contribution in [-0.2, 0) is 4.74 Å². The molecule has 5 nitrogen and oxygen atoms in total. The lowest BCUT2D eigenvalue weighted by Crippen LogP contribution is -2.11. The molecule has 112 valence electrons. The van der Waals surface area contributed by atoms with Gasteiger partial charge in [-0.3, -0.25) is 0 Å². The maximum Gasteiger partial charge on any atom is 0.346 e. The van der Waals surface area contributed by atoms with E-state index in [2.05, 4.69) is 16.9 Å².